The van der Waals surface area contributed by atoms with Crippen LogP contribution < -0.4 is 9.62 Å². The SMILES string of the molecule is CC(C(=O)NC1CCCC1)N(Cc1ccc(Cl)cc1)C(=O)CN(c1cccc(Cl)c1Cl)S(=O)(=O)c1ccccc1. The maximum atomic E-state index is 14.0. The second-order valence-electron chi connectivity index (χ2n) is 9.71. The molecule has 7 nitrogen and oxygen atoms in total. The Balaban J connectivity index is 1.70. The molecule has 1 aliphatic carbocycles. The lowest BCUT2D eigenvalue weighted by atomic mass is 10.1. The Morgan fingerprint density at radius 2 is 1.57 bits per heavy atom. The summed E-state index contributed by atoms with van der Waals surface area (Å²) < 4.78 is 28.6. The van der Waals surface area contributed by atoms with Crippen LogP contribution in [-0.4, -0.2) is 43.8 Å². The molecule has 4 rings (SSSR count). The molecule has 1 atom stereocenters. The first-order valence-corrected chi connectivity index (χ1v) is 15.5. The van der Waals surface area contributed by atoms with Gasteiger partial charge in [0, 0.05) is 17.6 Å². The van der Waals surface area contributed by atoms with Gasteiger partial charge >= 0.3 is 0 Å². The average molecular weight is 623 g/mol. The number of rotatable bonds is 10. The van der Waals surface area contributed by atoms with E-state index >= 15 is 0 Å². The van der Waals surface area contributed by atoms with E-state index < -0.39 is 28.5 Å². The van der Waals surface area contributed by atoms with E-state index in [9.17, 15) is 18.0 Å². The zero-order chi connectivity index (χ0) is 28.9. The Morgan fingerprint density at radius 3 is 2.23 bits per heavy atom. The van der Waals surface area contributed by atoms with Gasteiger partial charge < -0.3 is 10.2 Å². The van der Waals surface area contributed by atoms with Crippen molar-refractivity contribution in [1.82, 2.24) is 10.2 Å². The van der Waals surface area contributed by atoms with Gasteiger partial charge in [-0.3, -0.25) is 13.9 Å². The van der Waals surface area contributed by atoms with Gasteiger partial charge in [-0.05, 0) is 61.7 Å². The van der Waals surface area contributed by atoms with Crippen LogP contribution in [0.25, 0.3) is 0 Å². The molecule has 3 aromatic carbocycles. The van der Waals surface area contributed by atoms with E-state index in [0.717, 1.165) is 35.6 Å². The van der Waals surface area contributed by atoms with Crippen molar-refractivity contribution in [2.45, 2.75) is 56.1 Å². The molecule has 1 unspecified atom stereocenters. The highest BCUT2D eigenvalue weighted by Crippen LogP contribution is 2.35. The minimum absolute atomic E-state index is 0.00671. The first-order chi connectivity index (χ1) is 19.1. The number of hydrogen-bond donors (Lipinski definition) is 1. The highest BCUT2D eigenvalue weighted by molar-refractivity contribution is 7.92. The number of halogens is 3. The normalized spacial score (nSPS) is 14.5. The lowest BCUT2D eigenvalue weighted by Crippen LogP contribution is -2.52. The topological polar surface area (TPSA) is 86.8 Å². The van der Waals surface area contributed by atoms with Crippen LogP contribution in [0.5, 0.6) is 0 Å². The first-order valence-electron chi connectivity index (χ1n) is 12.9. The first kappa shape index (κ1) is 30.2. The van der Waals surface area contributed by atoms with Crippen molar-refractivity contribution in [2.24, 2.45) is 0 Å². The van der Waals surface area contributed by atoms with Crippen molar-refractivity contribution in [3.63, 3.8) is 0 Å². The van der Waals surface area contributed by atoms with Crippen LogP contribution in [0.15, 0.2) is 77.7 Å². The third-order valence-corrected chi connectivity index (χ3v) is 9.78. The molecule has 1 saturated carbocycles. The predicted molar refractivity (Wildman–Crippen MR) is 159 cm³/mol. The van der Waals surface area contributed by atoms with Crippen molar-refractivity contribution in [3.8, 4) is 0 Å². The van der Waals surface area contributed by atoms with Crippen molar-refractivity contribution in [3.05, 3.63) is 93.4 Å². The summed E-state index contributed by atoms with van der Waals surface area (Å²) in [6.07, 6.45) is 3.86. The van der Waals surface area contributed by atoms with Crippen LogP contribution in [0.1, 0.15) is 38.2 Å². The lowest BCUT2D eigenvalue weighted by Gasteiger charge is -2.32. The molecule has 0 bridgehead atoms. The molecule has 0 radical (unpaired) electrons. The molecule has 0 aromatic heterocycles. The smallest absolute Gasteiger partial charge is 0.264 e. The van der Waals surface area contributed by atoms with Gasteiger partial charge in [-0.1, -0.05) is 84.0 Å². The zero-order valence-electron chi connectivity index (χ0n) is 21.9. The summed E-state index contributed by atoms with van der Waals surface area (Å²) in [7, 11) is -4.24. The van der Waals surface area contributed by atoms with Crippen LogP contribution in [0.2, 0.25) is 15.1 Å². The Hall–Kier alpha value is -2.78. The molecule has 40 heavy (non-hydrogen) atoms. The van der Waals surface area contributed by atoms with Crippen molar-refractivity contribution in [1.29, 1.82) is 0 Å². The summed E-state index contributed by atoms with van der Waals surface area (Å²) in [4.78, 5) is 28.6. The van der Waals surface area contributed by atoms with E-state index in [2.05, 4.69) is 5.32 Å². The largest absolute Gasteiger partial charge is 0.352 e. The summed E-state index contributed by atoms with van der Waals surface area (Å²) in [5.41, 5.74) is 0.789. The third-order valence-electron chi connectivity index (χ3n) is 6.95. The van der Waals surface area contributed by atoms with Crippen LogP contribution in [0.3, 0.4) is 0 Å². The summed E-state index contributed by atoms with van der Waals surface area (Å²) in [5, 5.41) is 3.71. The van der Waals surface area contributed by atoms with E-state index in [1.807, 2.05) is 0 Å². The fraction of sp³-hybridized carbons (Fsp3) is 0.310. The summed E-state index contributed by atoms with van der Waals surface area (Å²) >= 11 is 18.7. The summed E-state index contributed by atoms with van der Waals surface area (Å²) in [6.45, 7) is 1.10. The Bertz CT molecular complexity index is 1450. The number of benzene rings is 3. The van der Waals surface area contributed by atoms with Crippen LogP contribution in [-0.2, 0) is 26.2 Å². The number of hydrogen-bond acceptors (Lipinski definition) is 4. The quantitative estimate of drug-likeness (QED) is 0.287. The second-order valence-corrected chi connectivity index (χ2v) is 12.8. The minimum Gasteiger partial charge on any atom is -0.352 e. The maximum Gasteiger partial charge on any atom is 0.264 e. The zero-order valence-corrected chi connectivity index (χ0v) is 25.0. The van der Waals surface area contributed by atoms with Gasteiger partial charge in [0.15, 0.2) is 0 Å². The van der Waals surface area contributed by atoms with Crippen molar-refractivity contribution >= 4 is 62.3 Å². The molecule has 0 saturated heterocycles. The van der Waals surface area contributed by atoms with Gasteiger partial charge in [-0.25, -0.2) is 8.42 Å². The molecule has 0 aliphatic heterocycles. The number of nitrogens with zero attached hydrogens (tertiary/aromatic N) is 2. The van der Waals surface area contributed by atoms with Crippen molar-refractivity contribution < 1.29 is 18.0 Å². The number of amides is 2. The molecule has 1 aliphatic rings. The Kier molecular flexibility index (Phi) is 10.0. The monoisotopic (exact) mass is 621 g/mol. The van der Waals surface area contributed by atoms with E-state index in [-0.39, 0.29) is 39.1 Å². The standard InChI is InChI=1S/C29H30Cl3N3O4S/c1-20(29(37)33-23-8-5-6-9-23)34(18-21-14-16-22(30)17-15-21)27(36)19-35(26-13-7-12-25(31)28(26)32)40(38,39)24-10-3-2-4-11-24/h2-4,7,10-17,20,23H,5-6,8-9,18-19H2,1H3,(H,33,37). The fourth-order valence-corrected chi connectivity index (χ4v) is 6.70. The highest BCUT2D eigenvalue weighted by atomic mass is 35.5. The number of sulfonamides is 1. The molecule has 0 heterocycles. The van der Waals surface area contributed by atoms with E-state index in [1.165, 1.54) is 29.2 Å². The highest BCUT2D eigenvalue weighted by Gasteiger charge is 2.34. The van der Waals surface area contributed by atoms with Crippen molar-refractivity contribution in [2.75, 3.05) is 10.8 Å². The molecule has 11 heteroatoms. The molecular weight excluding hydrogens is 593 g/mol. The van der Waals surface area contributed by atoms with Gasteiger partial charge in [-0.15, -0.1) is 0 Å². The van der Waals surface area contributed by atoms with E-state index in [1.54, 1.807) is 55.5 Å². The molecule has 212 valence electrons. The van der Waals surface area contributed by atoms with E-state index in [4.69, 9.17) is 34.8 Å². The van der Waals surface area contributed by atoms with Crippen LogP contribution in [0.4, 0.5) is 5.69 Å². The molecule has 1 fully saturated rings. The van der Waals surface area contributed by atoms with Gasteiger partial charge in [0.1, 0.15) is 12.6 Å². The molecule has 1 N–H and O–H groups in total. The molecule has 0 spiro atoms. The number of carbonyl (C=O) groups is 2. The summed E-state index contributed by atoms with van der Waals surface area (Å²) in [6, 6.07) is 18.4. The van der Waals surface area contributed by atoms with Gasteiger partial charge in [-0.2, -0.15) is 0 Å². The van der Waals surface area contributed by atoms with Gasteiger partial charge in [0.2, 0.25) is 11.8 Å². The Morgan fingerprint density at radius 1 is 0.925 bits per heavy atom. The number of carbonyl (C=O) groups excluding carboxylic acids is 2. The lowest BCUT2D eigenvalue weighted by molar-refractivity contribution is -0.139. The van der Waals surface area contributed by atoms with Crippen LogP contribution >= 0.6 is 34.8 Å². The maximum absolute atomic E-state index is 14.0. The second kappa shape index (κ2) is 13.3. The summed E-state index contributed by atoms with van der Waals surface area (Å²) in [5.74, 6) is -0.882. The Labute approximate surface area is 250 Å². The number of nitrogens with one attached hydrogen (secondary N) is 1. The number of anilines is 1. The average Bonchev–Trinajstić information content (AvgIpc) is 3.46. The predicted octanol–water partition coefficient (Wildman–Crippen LogP) is 6.32. The molecular formula is C29H30Cl3N3O4S. The third kappa shape index (κ3) is 7.10. The molecule has 3 aromatic rings. The van der Waals surface area contributed by atoms with E-state index in [0.29, 0.717) is 5.02 Å². The minimum atomic E-state index is -4.24. The van der Waals surface area contributed by atoms with Gasteiger partial charge in [0.05, 0.1) is 20.6 Å². The fourth-order valence-electron chi connectivity index (χ4n) is 4.68. The van der Waals surface area contributed by atoms with Crippen LogP contribution in [0, 0.1) is 0 Å². The van der Waals surface area contributed by atoms with Gasteiger partial charge in [0.25, 0.3) is 10.0 Å². The molecule has 2 amide bonds.